The fraction of sp³-hybridized carbons (Fsp3) is 0.125. The summed E-state index contributed by atoms with van der Waals surface area (Å²) in [4.78, 5) is 9.40. The van der Waals surface area contributed by atoms with E-state index in [0.717, 1.165) is 12.1 Å². The van der Waals surface area contributed by atoms with E-state index < -0.39 is 19.7 Å². The Hall–Kier alpha value is -1.65. The lowest BCUT2D eigenvalue weighted by molar-refractivity contribution is -0.385. The van der Waals surface area contributed by atoms with Crippen molar-refractivity contribution >= 4 is 25.4 Å². The van der Waals surface area contributed by atoms with Crippen molar-refractivity contribution in [1.29, 1.82) is 5.26 Å². The van der Waals surface area contributed by atoms with Gasteiger partial charge in [-0.05, 0) is 18.6 Å². The molecule has 0 heterocycles. The summed E-state index contributed by atoms with van der Waals surface area (Å²) in [6.07, 6.45) is 0. The van der Waals surface area contributed by atoms with Crippen LogP contribution in [-0.4, -0.2) is 13.3 Å². The standard InChI is InChI=1S/C8H5ClN2O4S/c1-5-2-6(4-10)7(11(12)13)3-8(5)16(9,14)15/h2-3H,1H3. The lowest BCUT2D eigenvalue weighted by atomic mass is 10.1. The monoisotopic (exact) mass is 260 g/mol. The van der Waals surface area contributed by atoms with Gasteiger partial charge in [0, 0.05) is 16.7 Å². The number of benzene rings is 1. The summed E-state index contributed by atoms with van der Waals surface area (Å²) < 4.78 is 22.2. The number of hydrogen-bond acceptors (Lipinski definition) is 5. The van der Waals surface area contributed by atoms with E-state index in [-0.39, 0.29) is 16.0 Å². The van der Waals surface area contributed by atoms with Crippen LogP contribution in [0.4, 0.5) is 5.69 Å². The first-order chi connectivity index (χ1) is 7.27. The maximum absolute atomic E-state index is 11.1. The molecule has 0 unspecified atom stereocenters. The third-order valence-corrected chi connectivity index (χ3v) is 3.34. The quantitative estimate of drug-likeness (QED) is 0.457. The second-order valence-electron chi connectivity index (χ2n) is 2.94. The molecule has 0 aliphatic rings. The van der Waals surface area contributed by atoms with Crippen LogP contribution in [0, 0.1) is 28.4 Å². The summed E-state index contributed by atoms with van der Waals surface area (Å²) in [5, 5.41) is 19.2. The largest absolute Gasteiger partial charge is 0.288 e. The van der Waals surface area contributed by atoms with Crippen molar-refractivity contribution in [2.75, 3.05) is 0 Å². The molecule has 0 aliphatic heterocycles. The number of nitro benzene ring substituents is 1. The van der Waals surface area contributed by atoms with Gasteiger partial charge >= 0.3 is 0 Å². The summed E-state index contributed by atoms with van der Waals surface area (Å²) >= 11 is 0. The normalized spacial score (nSPS) is 10.8. The van der Waals surface area contributed by atoms with Gasteiger partial charge in [0.15, 0.2) is 0 Å². The highest BCUT2D eigenvalue weighted by molar-refractivity contribution is 8.13. The molecule has 0 N–H and O–H groups in total. The molecule has 1 aromatic carbocycles. The molecule has 0 atom stereocenters. The number of nitriles is 1. The van der Waals surface area contributed by atoms with Crippen LogP contribution in [0.15, 0.2) is 17.0 Å². The summed E-state index contributed by atoms with van der Waals surface area (Å²) in [5.41, 5.74) is -0.587. The Morgan fingerprint density at radius 2 is 2.06 bits per heavy atom. The minimum absolute atomic E-state index is 0.192. The van der Waals surface area contributed by atoms with Crippen LogP contribution < -0.4 is 0 Å². The Balaban J connectivity index is 3.67. The second kappa shape index (κ2) is 4.08. The van der Waals surface area contributed by atoms with Gasteiger partial charge in [-0.15, -0.1) is 0 Å². The van der Waals surface area contributed by atoms with Crippen LogP contribution in [0.25, 0.3) is 0 Å². The highest BCUT2D eigenvalue weighted by atomic mass is 35.7. The van der Waals surface area contributed by atoms with Crippen LogP contribution in [0.5, 0.6) is 0 Å². The Morgan fingerprint density at radius 3 is 2.44 bits per heavy atom. The molecule has 0 bridgehead atoms. The zero-order valence-electron chi connectivity index (χ0n) is 7.97. The molecular formula is C8H5ClN2O4S. The molecule has 0 fully saturated rings. The maximum atomic E-state index is 11.1. The summed E-state index contributed by atoms with van der Waals surface area (Å²) in [5.74, 6) is 0. The van der Waals surface area contributed by atoms with Crippen molar-refractivity contribution in [3.05, 3.63) is 33.4 Å². The van der Waals surface area contributed by atoms with E-state index in [9.17, 15) is 18.5 Å². The molecule has 0 aliphatic carbocycles. The van der Waals surface area contributed by atoms with Crippen LogP contribution in [0.2, 0.25) is 0 Å². The number of nitro groups is 1. The summed E-state index contributed by atoms with van der Waals surface area (Å²) in [7, 11) is 1.05. The van der Waals surface area contributed by atoms with Crippen molar-refractivity contribution in [1.82, 2.24) is 0 Å². The Bertz CT molecular complexity index is 603. The average Bonchev–Trinajstić information content (AvgIpc) is 2.14. The smallest absolute Gasteiger partial charge is 0.258 e. The van der Waals surface area contributed by atoms with E-state index >= 15 is 0 Å². The Kier molecular flexibility index (Phi) is 3.16. The lowest BCUT2D eigenvalue weighted by Crippen LogP contribution is -2.00. The molecule has 6 nitrogen and oxygen atoms in total. The van der Waals surface area contributed by atoms with Crippen molar-refractivity contribution in [2.24, 2.45) is 0 Å². The fourth-order valence-electron chi connectivity index (χ4n) is 1.18. The van der Waals surface area contributed by atoms with E-state index in [1.165, 1.54) is 6.92 Å². The van der Waals surface area contributed by atoms with Crippen LogP contribution in [-0.2, 0) is 9.05 Å². The van der Waals surface area contributed by atoms with E-state index in [2.05, 4.69) is 0 Å². The molecule has 0 saturated heterocycles. The summed E-state index contributed by atoms with van der Waals surface area (Å²) in [6.45, 7) is 1.40. The molecule has 0 spiro atoms. The van der Waals surface area contributed by atoms with Gasteiger partial charge < -0.3 is 0 Å². The molecule has 0 radical (unpaired) electrons. The van der Waals surface area contributed by atoms with E-state index in [1.807, 2.05) is 0 Å². The Morgan fingerprint density at radius 1 is 1.50 bits per heavy atom. The molecule has 1 rings (SSSR count). The van der Waals surface area contributed by atoms with Crippen LogP contribution in [0.1, 0.15) is 11.1 Å². The van der Waals surface area contributed by atoms with Crippen molar-refractivity contribution < 1.29 is 13.3 Å². The molecule has 0 aromatic heterocycles. The molecule has 8 heteroatoms. The minimum Gasteiger partial charge on any atom is -0.258 e. The van der Waals surface area contributed by atoms with Gasteiger partial charge in [-0.1, -0.05) is 0 Å². The van der Waals surface area contributed by atoms with Crippen molar-refractivity contribution in [3.8, 4) is 6.07 Å². The van der Waals surface area contributed by atoms with Crippen LogP contribution in [0.3, 0.4) is 0 Å². The third kappa shape index (κ3) is 2.29. The second-order valence-corrected chi connectivity index (χ2v) is 5.48. The van der Waals surface area contributed by atoms with Crippen LogP contribution >= 0.6 is 10.7 Å². The SMILES string of the molecule is Cc1cc(C#N)c([N+](=O)[O-])cc1S(=O)(=O)Cl. The van der Waals surface area contributed by atoms with E-state index in [4.69, 9.17) is 15.9 Å². The highest BCUT2D eigenvalue weighted by Crippen LogP contribution is 2.27. The van der Waals surface area contributed by atoms with Crippen molar-refractivity contribution in [3.63, 3.8) is 0 Å². The predicted octanol–water partition coefficient (Wildman–Crippen LogP) is 1.70. The van der Waals surface area contributed by atoms with Gasteiger partial charge in [0.1, 0.15) is 11.6 Å². The zero-order chi connectivity index (χ0) is 12.5. The van der Waals surface area contributed by atoms with Crippen molar-refractivity contribution in [2.45, 2.75) is 11.8 Å². The predicted molar refractivity (Wildman–Crippen MR) is 55.6 cm³/mol. The lowest BCUT2D eigenvalue weighted by Gasteiger charge is -2.02. The topological polar surface area (TPSA) is 101 Å². The fourth-order valence-corrected chi connectivity index (χ4v) is 2.38. The number of hydrogen-bond donors (Lipinski definition) is 0. The molecule has 16 heavy (non-hydrogen) atoms. The zero-order valence-corrected chi connectivity index (χ0v) is 9.54. The van der Waals surface area contributed by atoms with Gasteiger partial charge in [-0.3, -0.25) is 10.1 Å². The number of halogens is 1. The minimum atomic E-state index is -4.06. The number of rotatable bonds is 2. The first-order valence-electron chi connectivity index (χ1n) is 3.91. The number of nitrogens with zero attached hydrogens (tertiary/aromatic N) is 2. The van der Waals surface area contributed by atoms with Gasteiger partial charge in [-0.2, -0.15) is 5.26 Å². The first kappa shape index (κ1) is 12.4. The van der Waals surface area contributed by atoms with Gasteiger partial charge in [0.2, 0.25) is 0 Å². The molecule has 1 aromatic rings. The Labute approximate surface area is 95.6 Å². The molecule has 84 valence electrons. The van der Waals surface area contributed by atoms with Gasteiger partial charge in [0.25, 0.3) is 14.7 Å². The molecular weight excluding hydrogens is 256 g/mol. The highest BCUT2D eigenvalue weighted by Gasteiger charge is 2.22. The summed E-state index contributed by atoms with van der Waals surface area (Å²) in [6, 6.07) is 3.52. The van der Waals surface area contributed by atoms with E-state index in [1.54, 1.807) is 6.07 Å². The number of aryl methyl sites for hydroxylation is 1. The molecule has 0 saturated carbocycles. The van der Waals surface area contributed by atoms with Gasteiger partial charge in [-0.25, -0.2) is 8.42 Å². The van der Waals surface area contributed by atoms with Gasteiger partial charge in [0.05, 0.1) is 9.82 Å². The van der Waals surface area contributed by atoms with E-state index in [0.29, 0.717) is 0 Å². The molecule has 0 amide bonds. The third-order valence-electron chi connectivity index (χ3n) is 1.87. The average molecular weight is 261 g/mol. The maximum Gasteiger partial charge on any atom is 0.288 e. The first-order valence-corrected chi connectivity index (χ1v) is 6.22.